The molecule has 22 heavy (non-hydrogen) atoms. The van der Waals surface area contributed by atoms with Crippen molar-refractivity contribution in [1.82, 2.24) is 5.32 Å². The van der Waals surface area contributed by atoms with Gasteiger partial charge in [-0.2, -0.15) is 0 Å². The lowest BCUT2D eigenvalue weighted by Crippen LogP contribution is -2.42. The van der Waals surface area contributed by atoms with Crippen molar-refractivity contribution in [3.05, 3.63) is 28.8 Å². The minimum Gasteiger partial charge on any atom is -0.452 e. The van der Waals surface area contributed by atoms with Crippen LogP contribution in [0.4, 0.5) is 5.69 Å². The summed E-state index contributed by atoms with van der Waals surface area (Å²) in [7, 11) is 0. The van der Waals surface area contributed by atoms with Crippen LogP contribution in [-0.4, -0.2) is 24.5 Å². The van der Waals surface area contributed by atoms with Crippen molar-refractivity contribution in [3.63, 3.8) is 0 Å². The molecule has 1 fully saturated rings. The van der Waals surface area contributed by atoms with E-state index in [4.69, 9.17) is 22.1 Å². The number of hydrogen-bond donors (Lipinski definition) is 2. The van der Waals surface area contributed by atoms with Crippen molar-refractivity contribution in [2.75, 3.05) is 12.3 Å². The SMILES string of the molecule is C[C@@H]1CCCC[C@@H]1NC(=O)COC(=O)c1ccc(Cl)cc1N. The Morgan fingerprint density at radius 3 is 2.77 bits per heavy atom. The van der Waals surface area contributed by atoms with Crippen molar-refractivity contribution in [2.24, 2.45) is 5.92 Å². The molecule has 2 rings (SSSR count). The van der Waals surface area contributed by atoms with Gasteiger partial charge in [0.15, 0.2) is 6.61 Å². The van der Waals surface area contributed by atoms with Crippen LogP contribution < -0.4 is 11.1 Å². The van der Waals surface area contributed by atoms with E-state index in [2.05, 4.69) is 12.2 Å². The van der Waals surface area contributed by atoms with Crippen LogP contribution in [0, 0.1) is 5.92 Å². The minimum absolute atomic E-state index is 0.167. The molecule has 0 radical (unpaired) electrons. The van der Waals surface area contributed by atoms with Crippen LogP contribution in [0.15, 0.2) is 18.2 Å². The third-order valence-corrected chi connectivity index (χ3v) is 4.26. The molecule has 1 aromatic rings. The highest BCUT2D eigenvalue weighted by Crippen LogP contribution is 2.23. The van der Waals surface area contributed by atoms with Crippen LogP contribution in [0.5, 0.6) is 0 Å². The Hall–Kier alpha value is -1.75. The predicted molar refractivity (Wildman–Crippen MR) is 85.7 cm³/mol. The van der Waals surface area contributed by atoms with Crippen LogP contribution in [0.2, 0.25) is 5.02 Å². The topological polar surface area (TPSA) is 81.4 Å². The lowest BCUT2D eigenvalue weighted by Gasteiger charge is -2.29. The van der Waals surface area contributed by atoms with E-state index in [0.717, 1.165) is 19.3 Å². The van der Waals surface area contributed by atoms with E-state index in [-0.39, 0.29) is 29.8 Å². The number of ether oxygens (including phenoxy) is 1. The molecule has 1 amide bonds. The smallest absolute Gasteiger partial charge is 0.340 e. The van der Waals surface area contributed by atoms with Gasteiger partial charge in [0, 0.05) is 16.8 Å². The molecule has 1 aliphatic rings. The Morgan fingerprint density at radius 2 is 2.09 bits per heavy atom. The number of hydrogen-bond acceptors (Lipinski definition) is 4. The maximum absolute atomic E-state index is 11.9. The molecule has 0 aromatic heterocycles. The molecule has 1 aliphatic carbocycles. The lowest BCUT2D eigenvalue weighted by molar-refractivity contribution is -0.125. The average molecular weight is 325 g/mol. The van der Waals surface area contributed by atoms with E-state index < -0.39 is 5.97 Å². The van der Waals surface area contributed by atoms with E-state index in [9.17, 15) is 9.59 Å². The van der Waals surface area contributed by atoms with Crippen LogP contribution in [0.1, 0.15) is 43.0 Å². The van der Waals surface area contributed by atoms with Crippen molar-refractivity contribution >= 4 is 29.2 Å². The number of halogens is 1. The Morgan fingerprint density at radius 1 is 1.36 bits per heavy atom. The molecule has 0 aliphatic heterocycles. The summed E-state index contributed by atoms with van der Waals surface area (Å²) in [6.07, 6.45) is 4.42. The predicted octanol–water partition coefficient (Wildman–Crippen LogP) is 2.77. The second-order valence-electron chi connectivity index (χ2n) is 5.74. The third-order valence-electron chi connectivity index (χ3n) is 4.03. The van der Waals surface area contributed by atoms with Gasteiger partial charge in [0.25, 0.3) is 5.91 Å². The third kappa shape index (κ3) is 4.37. The van der Waals surface area contributed by atoms with Crippen molar-refractivity contribution in [3.8, 4) is 0 Å². The summed E-state index contributed by atoms with van der Waals surface area (Å²) in [6.45, 7) is 1.83. The van der Waals surface area contributed by atoms with Gasteiger partial charge in [-0.1, -0.05) is 31.4 Å². The molecular weight excluding hydrogens is 304 g/mol. The van der Waals surface area contributed by atoms with Crippen molar-refractivity contribution < 1.29 is 14.3 Å². The van der Waals surface area contributed by atoms with Crippen molar-refractivity contribution in [1.29, 1.82) is 0 Å². The summed E-state index contributed by atoms with van der Waals surface area (Å²) >= 11 is 5.78. The summed E-state index contributed by atoms with van der Waals surface area (Å²) in [5, 5.41) is 3.37. The van der Waals surface area contributed by atoms with Gasteiger partial charge < -0.3 is 15.8 Å². The number of benzene rings is 1. The standard InChI is InChI=1S/C16H21ClN2O3/c1-10-4-2-3-5-14(10)19-15(20)9-22-16(21)12-7-6-11(17)8-13(12)18/h6-8,10,14H,2-5,9,18H2,1H3,(H,19,20)/t10-,14+/m1/s1. The highest BCUT2D eigenvalue weighted by Gasteiger charge is 2.23. The van der Waals surface area contributed by atoms with Crippen molar-refractivity contribution in [2.45, 2.75) is 38.6 Å². The zero-order valence-corrected chi connectivity index (χ0v) is 13.4. The first kappa shape index (κ1) is 16.6. The van der Waals surface area contributed by atoms with Gasteiger partial charge in [0.1, 0.15) is 0 Å². The molecule has 5 nitrogen and oxygen atoms in total. The molecular formula is C16H21ClN2O3. The normalized spacial score (nSPS) is 21.2. The molecule has 0 spiro atoms. The maximum Gasteiger partial charge on any atom is 0.340 e. The number of esters is 1. The van der Waals surface area contributed by atoms with Gasteiger partial charge in [0.05, 0.1) is 5.56 Å². The number of nitrogen functional groups attached to an aromatic ring is 1. The highest BCUT2D eigenvalue weighted by atomic mass is 35.5. The second kappa shape index (κ2) is 7.49. The molecule has 2 atom stereocenters. The number of carbonyl (C=O) groups is 2. The van der Waals surface area contributed by atoms with Gasteiger partial charge in [-0.15, -0.1) is 0 Å². The number of anilines is 1. The van der Waals surface area contributed by atoms with Gasteiger partial charge in [-0.05, 0) is 37.0 Å². The number of nitrogens with one attached hydrogen (secondary N) is 1. The van der Waals surface area contributed by atoms with Gasteiger partial charge in [0.2, 0.25) is 0 Å². The van der Waals surface area contributed by atoms with Gasteiger partial charge in [-0.3, -0.25) is 4.79 Å². The summed E-state index contributed by atoms with van der Waals surface area (Å²) in [4.78, 5) is 23.8. The summed E-state index contributed by atoms with van der Waals surface area (Å²) < 4.78 is 5.01. The minimum atomic E-state index is -0.624. The highest BCUT2D eigenvalue weighted by molar-refractivity contribution is 6.31. The number of carbonyl (C=O) groups excluding carboxylic acids is 2. The fraction of sp³-hybridized carbons (Fsp3) is 0.500. The lowest BCUT2D eigenvalue weighted by atomic mass is 9.86. The van der Waals surface area contributed by atoms with E-state index in [1.807, 2.05) is 0 Å². The van der Waals surface area contributed by atoms with Crippen LogP contribution in [-0.2, 0) is 9.53 Å². The monoisotopic (exact) mass is 324 g/mol. The fourth-order valence-electron chi connectivity index (χ4n) is 2.71. The summed E-state index contributed by atoms with van der Waals surface area (Å²) in [5.41, 5.74) is 6.16. The van der Waals surface area contributed by atoms with Crippen LogP contribution in [0.3, 0.4) is 0 Å². The Bertz CT molecular complexity index is 562. The first-order valence-electron chi connectivity index (χ1n) is 7.49. The Kier molecular flexibility index (Phi) is 5.66. The maximum atomic E-state index is 11.9. The average Bonchev–Trinajstić information content (AvgIpc) is 2.47. The van der Waals surface area contributed by atoms with E-state index >= 15 is 0 Å². The quantitative estimate of drug-likeness (QED) is 0.659. The Balaban J connectivity index is 1.84. The molecule has 0 bridgehead atoms. The first-order valence-corrected chi connectivity index (χ1v) is 7.86. The number of rotatable bonds is 4. The molecule has 1 aromatic carbocycles. The van der Waals surface area contributed by atoms with E-state index in [0.29, 0.717) is 10.9 Å². The van der Waals surface area contributed by atoms with Gasteiger partial charge in [-0.25, -0.2) is 4.79 Å². The second-order valence-corrected chi connectivity index (χ2v) is 6.18. The van der Waals surface area contributed by atoms with Gasteiger partial charge >= 0.3 is 5.97 Å². The zero-order chi connectivity index (χ0) is 16.1. The molecule has 0 unspecified atom stereocenters. The summed E-state index contributed by atoms with van der Waals surface area (Å²) in [5.74, 6) is -0.444. The fourth-order valence-corrected chi connectivity index (χ4v) is 2.89. The molecule has 0 saturated heterocycles. The largest absolute Gasteiger partial charge is 0.452 e. The number of nitrogens with two attached hydrogens (primary N) is 1. The van der Waals surface area contributed by atoms with Crippen LogP contribution >= 0.6 is 11.6 Å². The Labute approximate surface area is 135 Å². The zero-order valence-electron chi connectivity index (χ0n) is 12.6. The van der Waals surface area contributed by atoms with E-state index in [1.165, 1.54) is 18.6 Å². The number of amides is 1. The van der Waals surface area contributed by atoms with Crippen LogP contribution in [0.25, 0.3) is 0 Å². The molecule has 3 N–H and O–H groups in total. The first-order chi connectivity index (χ1) is 10.5. The molecule has 120 valence electrons. The molecule has 1 saturated carbocycles. The molecule has 6 heteroatoms. The molecule has 0 heterocycles. The summed E-state index contributed by atoms with van der Waals surface area (Å²) in [6, 6.07) is 4.68. The van der Waals surface area contributed by atoms with E-state index in [1.54, 1.807) is 6.07 Å².